The Kier molecular flexibility index (Phi) is 6.54. The smallest absolute Gasteiger partial charge is 0.253 e. The number of rotatable bonds is 3. The van der Waals surface area contributed by atoms with Crippen molar-refractivity contribution in [2.45, 2.75) is 70.9 Å². The maximum Gasteiger partial charge on any atom is 0.253 e. The molecule has 0 atom stereocenters. The van der Waals surface area contributed by atoms with Crippen LogP contribution in [-0.2, 0) is 0 Å². The molecule has 0 radical (unpaired) electrons. The monoisotopic (exact) mass is 339 g/mol. The number of hydrogen-bond donors (Lipinski definition) is 2. The molecule has 1 amide bonds. The summed E-state index contributed by atoms with van der Waals surface area (Å²) in [5.74, 6) is 0.113. The van der Waals surface area contributed by atoms with E-state index < -0.39 is 0 Å². The van der Waals surface area contributed by atoms with Crippen molar-refractivity contribution in [3.05, 3.63) is 23.0 Å². The minimum Gasteiger partial charge on any atom is -0.349 e. The summed E-state index contributed by atoms with van der Waals surface area (Å²) in [6, 6.07) is 3.00. The Hall–Kier alpha value is -1.000. The number of piperidine rings is 1. The molecule has 1 aliphatic carbocycles. The predicted molar refractivity (Wildman–Crippen MR) is 96.6 cm³/mol. The lowest BCUT2D eigenvalue weighted by molar-refractivity contribution is 0.0928. The molecule has 1 aromatic rings. The zero-order valence-corrected chi connectivity index (χ0v) is 15.2. The molecule has 1 aliphatic heterocycles. The zero-order chi connectivity index (χ0) is 15.5. The van der Waals surface area contributed by atoms with E-state index in [-0.39, 0.29) is 18.3 Å². The molecular weight excluding hydrogens is 310 g/mol. The lowest BCUT2D eigenvalue weighted by Crippen LogP contribution is -2.42. The minimum atomic E-state index is 0. The second-order valence-corrected chi connectivity index (χ2v) is 6.94. The molecule has 5 heteroatoms. The van der Waals surface area contributed by atoms with Gasteiger partial charge in [-0.25, -0.2) is 0 Å². The fraction of sp³-hybridized carbons (Fsp3) is 0.722. The molecule has 3 rings (SSSR count). The Bertz CT molecular complexity index is 529. The van der Waals surface area contributed by atoms with Crippen molar-refractivity contribution in [3.8, 4) is 0 Å². The van der Waals surface area contributed by atoms with Gasteiger partial charge in [-0.2, -0.15) is 0 Å². The van der Waals surface area contributed by atoms with E-state index in [1.54, 1.807) is 0 Å². The van der Waals surface area contributed by atoms with Crippen molar-refractivity contribution >= 4 is 18.3 Å². The Morgan fingerprint density at radius 3 is 2.43 bits per heavy atom. The molecule has 4 nitrogen and oxygen atoms in total. The van der Waals surface area contributed by atoms with Gasteiger partial charge in [0, 0.05) is 23.5 Å². The van der Waals surface area contributed by atoms with Crippen molar-refractivity contribution in [1.82, 2.24) is 15.2 Å². The average molecular weight is 340 g/mol. The van der Waals surface area contributed by atoms with E-state index in [1.807, 2.05) is 0 Å². The minimum absolute atomic E-state index is 0. The van der Waals surface area contributed by atoms with Gasteiger partial charge >= 0.3 is 0 Å². The van der Waals surface area contributed by atoms with Gasteiger partial charge in [0.1, 0.15) is 0 Å². The lowest BCUT2D eigenvalue weighted by atomic mass is 9.95. The number of carbonyl (C=O) groups is 1. The van der Waals surface area contributed by atoms with Gasteiger partial charge in [0.05, 0.1) is 5.56 Å². The van der Waals surface area contributed by atoms with Crippen LogP contribution in [-0.4, -0.2) is 29.6 Å². The van der Waals surface area contributed by atoms with Gasteiger partial charge in [-0.3, -0.25) is 4.79 Å². The highest BCUT2D eigenvalue weighted by atomic mass is 35.5. The molecule has 0 bridgehead atoms. The quantitative estimate of drug-likeness (QED) is 0.885. The molecule has 23 heavy (non-hydrogen) atoms. The number of halogens is 1. The maximum absolute atomic E-state index is 12.6. The highest BCUT2D eigenvalue weighted by Crippen LogP contribution is 2.32. The molecule has 2 heterocycles. The third-order valence-electron chi connectivity index (χ3n) is 5.34. The second kappa shape index (κ2) is 8.20. The summed E-state index contributed by atoms with van der Waals surface area (Å²) in [7, 11) is 0. The molecule has 1 saturated heterocycles. The first-order valence-electron chi connectivity index (χ1n) is 8.87. The number of nitrogens with one attached hydrogen (secondary N) is 2. The molecular formula is C18H30ClN3O. The fourth-order valence-electron chi connectivity index (χ4n) is 4.14. The molecule has 1 aromatic heterocycles. The van der Waals surface area contributed by atoms with Gasteiger partial charge in [0.2, 0.25) is 0 Å². The summed E-state index contributed by atoms with van der Waals surface area (Å²) in [5, 5.41) is 6.57. The first-order valence-corrected chi connectivity index (χ1v) is 8.87. The predicted octanol–water partition coefficient (Wildman–Crippen LogP) is 3.51. The van der Waals surface area contributed by atoms with E-state index in [9.17, 15) is 4.79 Å². The van der Waals surface area contributed by atoms with Crippen LogP contribution in [0, 0.1) is 13.8 Å². The van der Waals surface area contributed by atoms with E-state index in [4.69, 9.17) is 0 Å². The van der Waals surface area contributed by atoms with Crippen LogP contribution in [0.15, 0.2) is 6.07 Å². The van der Waals surface area contributed by atoms with Gasteiger partial charge in [-0.15, -0.1) is 12.4 Å². The van der Waals surface area contributed by atoms with Gasteiger partial charge in [-0.1, -0.05) is 19.3 Å². The summed E-state index contributed by atoms with van der Waals surface area (Å²) in [4.78, 5) is 12.6. The zero-order valence-electron chi connectivity index (χ0n) is 14.4. The number of hydrogen-bond acceptors (Lipinski definition) is 2. The summed E-state index contributed by atoms with van der Waals surface area (Å²) in [6.07, 6.45) is 8.58. The van der Waals surface area contributed by atoms with Crippen LogP contribution in [0.3, 0.4) is 0 Å². The van der Waals surface area contributed by atoms with Gasteiger partial charge < -0.3 is 15.2 Å². The largest absolute Gasteiger partial charge is 0.349 e. The van der Waals surface area contributed by atoms with Crippen LogP contribution >= 0.6 is 12.4 Å². The molecule has 0 aromatic carbocycles. The Morgan fingerprint density at radius 1 is 1.13 bits per heavy atom. The van der Waals surface area contributed by atoms with E-state index in [0.29, 0.717) is 12.1 Å². The Morgan fingerprint density at radius 2 is 1.78 bits per heavy atom. The molecule has 2 fully saturated rings. The topological polar surface area (TPSA) is 46.1 Å². The normalized spacial score (nSPS) is 20.1. The second-order valence-electron chi connectivity index (χ2n) is 6.94. The fourth-order valence-corrected chi connectivity index (χ4v) is 4.14. The van der Waals surface area contributed by atoms with Crippen molar-refractivity contribution in [3.63, 3.8) is 0 Å². The molecule has 0 spiro atoms. The number of aromatic nitrogens is 1. The van der Waals surface area contributed by atoms with E-state index >= 15 is 0 Å². The van der Waals surface area contributed by atoms with Crippen molar-refractivity contribution in [2.24, 2.45) is 0 Å². The first kappa shape index (κ1) is 18.3. The molecule has 130 valence electrons. The van der Waals surface area contributed by atoms with Crippen molar-refractivity contribution in [1.29, 1.82) is 0 Å². The SMILES string of the molecule is Cc1cc(C(=O)NC2CCNCC2)c(C)n1C1CCCCC1.Cl. The van der Waals surface area contributed by atoms with Crippen LogP contribution in [0.4, 0.5) is 0 Å². The summed E-state index contributed by atoms with van der Waals surface area (Å²) >= 11 is 0. The van der Waals surface area contributed by atoms with Crippen molar-refractivity contribution in [2.75, 3.05) is 13.1 Å². The number of nitrogens with zero attached hydrogens (tertiary/aromatic N) is 1. The highest BCUT2D eigenvalue weighted by Gasteiger charge is 2.24. The standard InChI is InChI=1S/C18H29N3O.ClH/c1-13-12-17(18(22)20-15-8-10-19-11-9-15)14(2)21(13)16-6-4-3-5-7-16;/h12,15-16,19H,3-11H2,1-2H3,(H,20,22);1H. The van der Waals surface area contributed by atoms with E-state index in [2.05, 4.69) is 35.1 Å². The molecule has 1 saturated carbocycles. The average Bonchev–Trinajstić information content (AvgIpc) is 2.84. The van der Waals surface area contributed by atoms with E-state index in [0.717, 1.165) is 37.2 Å². The van der Waals surface area contributed by atoms with Crippen LogP contribution in [0.1, 0.15) is 72.7 Å². The van der Waals surface area contributed by atoms with Gasteiger partial charge in [0.25, 0.3) is 5.91 Å². The highest BCUT2D eigenvalue weighted by molar-refractivity contribution is 5.95. The Labute approximate surface area is 145 Å². The number of aryl methyl sites for hydroxylation is 1. The summed E-state index contributed by atoms with van der Waals surface area (Å²) in [5.41, 5.74) is 3.26. The van der Waals surface area contributed by atoms with Crippen LogP contribution in [0.25, 0.3) is 0 Å². The first-order chi connectivity index (χ1) is 10.7. The molecule has 2 aliphatic rings. The van der Waals surface area contributed by atoms with Crippen LogP contribution in [0.5, 0.6) is 0 Å². The number of carbonyl (C=O) groups excluding carboxylic acids is 1. The molecule has 0 unspecified atom stereocenters. The van der Waals surface area contributed by atoms with Crippen molar-refractivity contribution < 1.29 is 4.79 Å². The third-order valence-corrected chi connectivity index (χ3v) is 5.34. The summed E-state index contributed by atoms with van der Waals surface area (Å²) < 4.78 is 2.41. The van der Waals surface area contributed by atoms with Crippen LogP contribution < -0.4 is 10.6 Å². The summed E-state index contributed by atoms with van der Waals surface area (Å²) in [6.45, 7) is 6.26. The van der Waals surface area contributed by atoms with Crippen LogP contribution in [0.2, 0.25) is 0 Å². The van der Waals surface area contributed by atoms with Gasteiger partial charge in [-0.05, 0) is 58.7 Å². The third kappa shape index (κ3) is 4.10. The van der Waals surface area contributed by atoms with Gasteiger partial charge in [0.15, 0.2) is 0 Å². The molecule has 2 N–H and O–H groups in total. The van der Waals surface area contributed by atoms with E-state index in [1.165, 1.54) is 37.8 Å². The lowest BCUT2D eigenvalue weighted by Gasteiger charge is -2.26. The Balaban J connectivity index is 0.00000192. The number of amides is 1. The maximum atomic E-state index is 12.6.